The van der Waals surface area contributed by atoms with Crippen LogP contribution in [0.15, 0.2) is 36.4 Å². The van der Waals surface area contributed by atoms with Crippen LogP contribution in [0.2, 0.25) is 0 Å². The van der Waals surface area contributed by atoms with Crippen LogP contribution in [0.4, 0.5) is 14.5 Å². The number of fused-ring (bicyclic) bond motifs is 1. The number of nitrogens with one attached hydrogen (secondary N) is 1. The van der Waals surface area contributed by atoms with E-state index in [1.807, 2.05) is 18.2 Å². The average molecular weight is 348 g/mol. The predicted octanol–water partition coefficient (Wildman–Crippen LogP) is 2.81. The normalized spacial score (nSPS) is 13.0. The SMILES string of the molecule is CN(CC(=O)Nc1ccc(F)c(F)c1)Cc1ccc2c(c1)OCCO2. The van der Waals surface area contributed by atoms with Gasteiger partial charge in [0.1, 0.15) is 13.2 Å². The average Bonchev–Trinajstić information content (AvgIpc) is 2.58. The Morgan fingerprint density at radius 1 is 1.08 bits per heavy atom. The molecule has 5 nitrogen and oxygen atoms in total. The number of hydrogen-bond donors (Lipinski definition) is 1. The predicted molar refractivity (Wildman–Crippen MR) is 88.8 cm³/mol. The van der Waals surface area contributed by atoms with Gasteiger partial charge in [0.2, 0.25) is 5.91 Å². The van der Waals surface area contributed by atoms with Gasteiger partial charge < -0.3 is 14.8 Å². The summed E-state index contributed by atoms with van der Waals surface area (Å²) in [5.41, 5.74) is 1.20. The van der Waals surface area contributed by atoms with Crippen molar-refractivity contribution in [3.8, 4) is 11.5 Å². The molecule has 3 rings (SSSR count). The maximum Gasteiger partial charge on any atom is 0.238 e. The van der Waals surface area contributed by atoms with Crippen LogP contribution >= 0.6 is 0 Å². The van der Waals surface area contributed by atoms with Gasteiger partial charge in [-0.1, -0.05) is 6.07 Å². The topological polar surface area (TPSA) is 50.8 Å². The monoisotopic (exact) mass is 348 g/mol. The highest BCUT2D eigenvalue weighted by atomic mass is 19.2. The zero-order valence-corrected chi connectivity index (χ0v) is 13.7. The minimum absolute atomic E-state index is 0.105. The fraction of sp³-hybridized carbons (Fsp3) is 0.278. The summed E-state index contributed by atoms with van der Waals surface area (Å²) < 4.78 is 37.1. The lowest BCUT2D eigenvalue weighted by atomic mass is 10.2. The molecule has 132 valence electrons. The van der Waals surface area contributed by atoms with Crippen LogP contribution in [0.1, 0.15) is 5.56 Å². The summed E-state index contributed by atoms with van der Waals surface area (Å²) in [5, 5.41) is 2.54. The highest BCUT2D eigenvalue weighted by Gasteiger charge is 2.14. The van der Waals surface area contributed by atoms with Crippen molar-refractivity contribution in [1.82, 2.24) is 4.90 Å². The van der Waals surface area contributed by atoms with Gasteiger partial charge in [0.25, 0.3) is 0 Å². The van der Waals surface area contributed by atoms with Crippen molar-refractivity contribution in [3.05, 3.63) is 53.6 Å². The Kier molecular flexibility index (Phi) is 5.14. The van der Waals surface area contributed by atoms with Crippen LogP contribution in [-0.2, 0) is 11.3 Å². The number of hydrogen-bond acceptors (Lipinski definition) is 4. The Morgan fingerprint density at radius 2 is 1.84 bits per heavy atom. The van der Waals surface area contributed by atoms with Crippen LogP contribution in [-0.4, -0.2) is 37.6 Å². The van der Waals surface area contributed by atoms with E-state index >= 15 is 0 Å². The van der Waals surface area contributed by atoms with E-state index in [1.54, 1.807) is 11.9 Å². The number of benzene rings is 2. The molecular formula is C18H18F2N2O3. The third kappa shape index (κ3) is 4.45. The lowest BCUT2D eigenvalue weighted by molar-refractivity contribution is -0.117. The summed E-state index contributed by atoms with van der Waals surface area (Å²) in [4.78, 5) is 13.8. The molecule has 0 aromatic heterocycles. The quantitative estimate of drug-likeness (QED) is 0.903. The fourth-order valence-corrected chi connectivity index (χ4v) is 2.57. The molecule has 1 amide bonds. The maximum atomic E-state index is 13.2. The molecule has 7 heteroatoms. The summed E-state index contributed by atoms with van der Waals surface area (Å²) in [6, 6.07) is 8.89. The van der Waals surface area contributed by atoms with Gasteiger partial charge in [-0.2, -0.15) is 0 Å². The fourth-order valence-electron chi connectivity index (χ4n) is 2.57. The van der Waals surface area contributed by atoms with Gasteiger partial charge in [0, 0.05) is 18.3 Å². The minimum Gasteiger partial charge on any atom is -0.486 e. The summed E-state index contributed by atoms with van der Waals surface area (Å²) in [7, 11) is 1.79. The number of likely N-dealkylation sites (N-methyl/N-ethyl adjacent to an activating group) is 1. The van der Waals surface area contributed by atoms with Crippen molar-refractivity contribution in [2.45, 2.75) is 6.54 Å². The largest absolute Gasteiger partial charge is 0.486 e. The van der Waals surface area contributed by atoms with Gasteiger partial charge in [-0.15, -0.1) is 0 Å². The van der Waals surface area contributed by atoms with E-state index in [0.717, 1.165) is 17.7 Å². The summed E-state index contributed by atoms with van der Waals surface area (Å²) in [6.07, 6.45) is 0. The second-order valence-electron chi connectivity index (χ2n) is 5.83. The third-order valence-electron chi connectivity index (χ3n) is 3.68. The molecule has 0 fully saturated rings. The first-order valence-electron chi connectivity index (χ1n) is 7.83. The van der Waals surface area contributed by atoms with Crippen LogP contribution in [0, 0.1) is 11.6 Å². The second kappa shape index (κ2) is 7.48. The van der Waals surface area contributed by atoms with Gasteiger partial charge >= 0.3 is 0 Å². The van der Waals surface area contributed by atoms with Gasteiger partial charge in [-0.3, -0.25) is 9.69 Å². The molecule has 1 heterocycles. The molecule has 0 saturated heterocycles. The Hall–Kier alpha value is -2.67. The van der Waals surface area contributed by atoms with Gasteiger partial charge in [0.05, 0.1) is 6.54 Å². The number of nitrogens with zero attached hydrogens (tertiary/aromatic N) is 1. The molecule has 0 atom stereocenters. The van der Waals surface area contributed by atoms with Crippen molar-refractivity contribution >= 4 is 11.6 Å². The highest BCUT2D eigenvalue weighted by molar-refractivity contribution is 5.92. The molecule has 1 aliphatic rings. The molecule has 0 spiro atoms. The van der Waals surface area contributed by atoms with Crippen molar-refractivity contribution in [2.75, 3.05) is 32.1 Å². The maximum absolute atomic E-state index is 13.2. The molecule has 0 aliphatic carbocycles. The molecule has 0 radical (unpaired) electrons. The number of ether oxygens (including phenoxy) is 2. The van der Waals surface area contributed by atoms with E-state index in [-0.39, 0.29) is 18.1 Å². The van der Waals surface area contributed by atoms with E-state index in [1.165, 1.54) is 6.07 Å². The summed E-state index contributed by atoms with van der Waals surface area (Å²) >= 11 is 0. The third-order valence-corrected chi connectivity index (χ3v) is 3.68. The van der Waals surface area contributed by atoms with Crippen LogP contribution in [0.5, 0.6) is 11.5 Å². The lowest BCUT2D eigenvalue weighted by Gasteiger charge is -2.21. The first-order chi connectivity index (χ1) is 12.0. The Balaban J connectivity index is 1.55. The smallest absolute Gasteiger partial charge is 0.238 e. The Morgan fingerprint density at radius 3 is 2.60 bits per heavy atom. The van der Waals surface area contributed by atoms with Crippen molar-refractivity contribution < 1.29 is 23.0 Å². The van der Waals surface area contributed by atoms with Gasteiger partial charge in [-0.25, -0.2) is 8.78 Å². The lowest BCUT2D eigenvalue weighted by Crippen LogP contribution is -2.30. The first-order valence-corrected chi connectivity index (χ1v) is 7.83. The van der Waals surface area contributed by atoms with Crippen molar-refractivity contribution in [2.24, 2.45) is 0 Å². The van der Waals surface area contributed by atoms with Crippen molar-refractivity contribution in [1.29, 1.82) is 0 Å². The Labute approximate surface area is 144 Å². The number of carbonyl (C=O) groups is 1. The highest BCUT2D eigenvalue weighted by Crippen LogP contribution is 2.31. The van der Waals surface area contributed by atoms with E-state index in [9.17, 15) is 13.6 Å². The zero-order valence-electron chi connectivity index (χ0n) is 13.7. The number of anilines is 1. The molecular weight excluding hydrogens is 330 g/mol. The van der Waals surface area contributed by atoms with Crippen LogP contribution in [0.3, 0.4) is 0 Å². The minimum atomic E-state index is -0.998. The van der Waals surface area contributed by atoms with E-state index < -0.39 is 11.6 Å². The molecule has 25 heavy (non-hydrogen) atoms. The van der Waals surface area contributed by atoms with Gasteiger partial charge in [0.15, 0.2) is 23.1 Å². The standard InChI is InChI=1S/C18H18F2N2O3/c1-22(10-12-2-5-16-17(8-12)25-7-6-24-16)11-18(23)21-13-3-4-14(19)15(20)9-13/h2-5,8-9H,6-7,10-11H2,1H3,(H,21,23). The van der Waals surface area contributed by atoms with E-state index in [0.29, 0.717) is 31.3 Å². The molecule has 2 aromatic rings. The molecule has 1 aliphatic heterocycles. The Bertz CT molecular complexity index is 783. The number of amides is 1. The number of carbonyl (C=O) groups excluding carboxylic acids is 1. The zero-order chi connectivity index (χ0) is 17.8. The van der Waals surface area contributed by atoms with Crippen LogP contribution in [0.25, 0.3) is 0 Å². The molecule has 2 aromatic carbocycles. The molecule has 0 bridgehead atoms. The number of rotatable bonds is 5. The van der Waals surface area contributed by atoms with E-state index in [2.05, 4.69) is 5.32 Å². The summed E-state index contributed by atoms with van der Waals surface area (Å²) in [6.45, 7) is 1.69. The van der Waals surface area contributed by atoms with E-state index in [4.69, 9.17) is 9.47 Å². The first kappa shape index (κ1) is 17.2. The van der Waals surface area contributed by atoms with Gasteiger partial charge in [-0.05, 0) is 36.9 Å². The second-order valence-corrected chi connectivity index (χ2v) is 5.83. The number of halogens is 2. The van der Waals surface area contributed by atoms with Crippen molar-refractivity contribution in [3.63, 3.8) is 0 Å². The molecule has 0 saturated carbocycles. The van der Waals surface area contributed by atoms with Crippen LogP contribution < -0.4 is 14.8 Å². The summed E-state index contributed by atoms with van der Waals surface area (Å²) in [5.74, 6) is -0.848. The molecule has 1 N–H and O–H groups in total. The molecule has 0 unspecified atom stereocenters.